The van der Waals surface area contributed by atoms with Crippen molar-refractivity contribution in [1.82, 2.24) is 15.1 Å². The van der Waals surface area contributed by atoms with Gasteiger partial charge in [0, 0.05) is 36.4 Å². The molecule has 2 atom stereocenters. The van der Waals surface area contributed by atoms with Crippen LogP contribution in [0.5, 0.6) is 0 Å². The molecule has 1 aliphatic carbocycles. The maximum absolute atomic E-state index is 12.3. The molecular weight excluding hydrogens is 278 g/mol. The van der Waals surface area contributed by atoms with Gasteiger partial charge in [0.2, 0.25) is 5.91 Å². The van der Waals surface area contributed by atoms with Gasteiger partial charge in [0.05, 0.1) is 12.1 Å². The van der Waals surface area contributed by atoms with E-state index in [-0.39, 0.29) is 24.5 Å². The third-order valence-electron chi connectivity index (χ3n) is 4.16. The van der Waals surface area contributed by atoms with Crippen LogP contribution in [-0.2, 0) is 17.8 Å². The fourth-order valence-electron chi connectivity index (χ4n) is 2.95. The number of nitrogens with zero attached hydrogens (tertiary/aromatic N) is 2. The summed E-state index contributed by atoms with van der Waals surface area (Å²) in [5, 5.41) is 16.7. The Balaban J connectivity index is 1.97. The smallest absolute Gasteiger partial charge is 0.225 e. The number of hydrogen-bond acceptors (Lipinski definition) is 3. The molecule has 1 aromatic heterocycles. The summed E-state index contributed by atoms with van der Waals surface area (Å²) in [6, 6.07) is 0.0379. The van der Waals surface area contributed by atoms with E-state index in [2.05, 4.69) is 24.3 Å². The van der Waals surface area contributed by atoms with Crippen LogP contribution in [0, 0.1) is 25.7 Å². The molecule has 1 amide bonds. The minimum Gasteiger partial charge on any atom is -0.396 e. The predicted molar refractivity (Wildman–Crippen MR) is 86.5 cm³/mol. The van der Waals surface area contributed by atoms with Gasteiger partial charge in [-0.3, -0.25) is 9.48 Å². The number of hydrogen-bond donors (Lipinski definition) is 2. The quantitative estimate of drug-likeness (QED) is 0.787. The third-order valence-corrected chi connectivity index (χ3v) is 4.16. The Morgan fingerprint density at radius 1 is 1.45 bits per heavy atom. The Bertz CT molecular complexity index is 560. The highest BCUT2D eigenvalue weighted by molar-refractivity contribution is 5.79. The highest BCUT2D eigenvalue weighted by atomic mass is 16.3. The minimum absolute atomic E-state index is 0.0172. The first-order valence-electron chi connectivity index (χ1n) is 8.02. The monoisotopic (exact) mass is 305 g/mol. The van der Waals surface area contributed by atoms with Gasteiger partial charge < -0.3 is 10.4 Å². The van der Waals surface area contributed by atoms with Crippen molar-refractivity contribution in [2.45, 2.75) is 53.1 Å². The summed E-state index contributed by atoms with van der Waals surface area (Å²) in [6.07, 6.45) is 5.10. The van der Waals surface area contributed by atoms with E-state index in [4.69, 9.17) is 5.11 Å². The predicted octanol–water partition coefficient (Wildman–Crippen LogP) is 1.75. The van der Waals surface area contributed by atoms with Crippen molar-refractivity contribution >= 4 is 5.91 Å². The van der Waals surface area contributed by atoms with Crippen LogP contribution in [0.25, 0.3) is 0 Å². The summed E-state index contributed by atoms with van der Waals surface area (Å²) < 4.78 is 2.00. The molecule has 1 aromatic rings. The second-order valence-electron chi connectivity index (χ2n) is 6.64. The molecule has 0 saturated carbocycles. The van der Waals surface area contributed by atoms with Gasteiger partial charge in [-0.2, -0.15) is 5.10 Å². The highest BCUT2D eigenvalue weighted by Gasteiger charge is 2.21. The van der Waals surface area contributed by atoms with Crippen LogP contribution in [0.1, 0.15) is 37.2 Å². The number of aliphatic hydroxyl groups is 1. The molecular formula is C17H27N3O2. The molecule has 5 heteroatoms. The maximum Gasteiger partial charge on any atom is 0.225 e. The molecule has 0 unspecified atom stereocenters. The molecule has 0 radical (unpaired) electrons. The molecule has 0 aromatic carbocycles. The summed E-state index contributed by atoms with van der Waals surface area (Å²) in [7, 11) is 0. The lowest BCUT2D eigenvalue weighted by atomic mass is 10.1. The lowest BCUT2D eigenvalue weighted by Crippen LogP contribution is -2.34. The van der Waals surface area contributed by atoms with E-state index in [1.807, 2.05) is 30.7 Å². The number of rotatable bonds is 6. The van der Waals surface area contributed by atoms with Crippen LogP contribution in [0.3, 0.4) is 0 Å². The zero-order chi connectivity index (χ0) is 16.3. The number of carbonyl (C=O) groups excluding carboxylic acids is 1. The van der Waals surface area contributed by atoms with E-state index in [1.165, 1.54) is 0 Å². The van der Waals surface area contributed by atoms with Crippen molar-refractivity contribution in [2.75, 3.05) is 6.61 Å². The normalized spacial score (nSPS) is 20.8. The summed E-state index contributed by atoms with van der Waals surface area (Å²) in [4.78, 5) is 12.3. The van der Waals surface area contributed by atoms with Crippen molar-refractivity contribution in [3.8, 4) is 0 Å². The summed E-state index contributed by atoms with van der Waals surface area (Å²) >= 11 is 0. The van der Waals surface area contributed by atoms with E-state index >= 15 is 0 Å². The van der Waals surface area contributed by atoms with Crippen molar-refractivity contribution in [2.24, 2.45) is 11.8 Å². The number of aliphatic hydroxyl groups excluding tert-OH is 1. The number of aryl methyl sites for hydroxylation is 1. The number of carbonyl (C=O) groups is 1. The van der Waals surface area contributed by atoms with E-state index in [9.17, 15) is 4.79 Å². The first-order valence-corrected chi connectivity index (χ1v) is 8.02. The number of aromatic nitrogens is 2. The molecule has 122 valence electrons. The Morgan fingerprint density at radius 3 is 2.77 bits per heavy atom. The standard InChI is InChI=1S/C17H27N3O2/c1-11(2)9-20-13(4)16(12(3)19-20)8-17(22)18-15-6-5-14(7-15)10-21/h5-6,11,14-15,21H,7-10H2,1-4H3,(H,18,22)/t14-,15+/m0/s1. The molecule has 5 nitrogen and oxygen atoms in total. The average molecular weight is 305 g/mol. The zero-order valence-electron chi connectivity index (χ0n) is 14.0. The van der Waals surface area contributed by atoms with Crippen molar-refractivity contribution < 1.29 is 9.90 Å². The van der Waals surface area contributed by atoms with Gasteiger partial charge in [-0.1, -0.05) is 26.0 Å². The number of nitrogens with one attached hydrogen (secondary N) is 1. The van der Waals surface area contributed by atoms with Crippen molar-refractivity contribution in [3.63, 3.8) is 0 Å². The van der Waals surface area contributed by atoms with Crippen molar-refractivity contribution in [1.29, 1.82) is 0 Å². The second-order valence-corrected chi connectivity index (χ2v) is 6.64. The van der Waals surface area contributed by atoms with Crippen LogP contribution < -0.4 is 5.32 Å². The van der Waals surface area contributed by atoms with Crippen molar-refractivity contribution in [3.05, 3.63) is 29.1 Å². The largest absolute Gasteiger partial charge is 0.396 e. The maximum atomic E-state index is 12.3. The van der Waals surface area contributed by atoms with Gasteiger partial charge >= 0.3 is 0 Å². The SMILES string of the molecule is Cc1nn(CC(C)C)c(C)c1CC(=O)N[C@@H]1C=C[C@H](CO)C1. The van der Waals surface area contributed by atoms with Gasteiger partial charge in [-0.05, 0) is 26.2 Å². The molecule has 0 bridgehead atoms. The lowest BCUT2D eigenvalue weighted by Gasteiger charge is -2.13. The Labute approximate surface area is 132 Å². The molecule has 0 aliphatic heterocycles. The molecule has 1 aliphatic rings. The van der Waals surface area contributed by atoms with Gasteiger partial charge in [-0.15, -0.1) is 0 Å². The Kier molecular flexibility index (Phi) is 5.40. The van der Waals surface area contributed by atoms with Gasteiger partial charge in [0.15, 0.2) is 0 Å². The van der Waals surface area contributed by atoms with E-state index in [0.29, 0.717) is 12.3 Å². The molecule has 0 saturated heterocycles. The van der Waals surface area contributed by atoms with E-state index in [1.54, 1.807) is 0 Å². The Morgan fingerprint density at radius 2 is 2.18 bits per heavy atom. The Hall–Kier alpha value is -1.62. The molecule has 0 spiro atoms. The van der Waals surface area contributed by atoms with Crippen LogP contribution >= 0.6 is 0 Å². The highest BCUT2D eigenvalue weighted by Crippen LogP contribution is 2.18. The van der Waals surface area contributed by atoms with E-state index in [0.717, 1.165) is 29.9 Å². The van der Waals surface area contributed by atoms with E-state index < -0.39 is 0 Å². The fourth-order valence-corrected chi connectivity index (χ4v) is 2.95. The van der Waals surface area contributed by atoms with Gasteiger partial charge in [-0.25, -0.2) is 0 Å². The summed E-state index contributed by atoms with van der Waals surface area (Å²) in [5.41, 5.74) is 3.04. The summed E-state index contributed by atoms with van der Waals surface area (Å²) in [6.45, 7) is 9.33. The third kappa shape index (κ3) is 3.97. The van der Waals surface area contributed by atoms with Gasteiger partial charge in [0.1, 0.15) is 0 Å². The van der Waals surface area contributed by atoms with Crippen LogP contribution in [-0.4, -0.2) is 33.4 Å². The van der Waals surface area contributed by atoms with Gasteiger partial charge in [0.25, 0.3) is 0 Å². The first kappa shape index (κ1) is 16.7. The first-order chi connectivity index (χ1) is 10.4. The zero-order valence-corrected chi connectivity index (χ0v) is 14.0. The fraction of sp³-hybridized carbons (Fsp3) is 0.647. The van der Waals surface area contributed by atoms with Crippen LogP contribution in [0.15, 0.2) is 12.2 Å². The second kappa shape index (κ2) is 7.09. The lowest BCUT2D eigenvalue weighted by molar-refractivity contribution is -0.120. The topological polar surface area (TPSA) is 67.2 Å². The molecule has 22 heavy (non-hydrogen) atoms. The average Bonchev–Trinajstić information content (AvgIpc) is 2.98. The molecule has 0 fully saturated rings. The van der Waals surface area contributed by atoms with Crippen LogP contribution in [0.2, 0.25) is 0 Å². The number of amides is 1. The molecule has 2 N–H and O–H groups in total. The molecule has 2 rings (SSSR count). The van der Waals surface area contributed by atoms with Crippen LogP contribution in [0.4, 0.5) is 0 Å². The molecule has 1 heterocycles. The minimum atomic E-state index is 0.0172. The summed E-state index contributed by atoms with van der Waals surface area (Å²) in [5.74, 6) is 0.713.